The van der Waals surface area contributed by atoms with Gasteiger partial charge in [0.05, 0.1) is 6.10 Å². The van der Waals surface area contributed by atoms with E-state index < -0.39 is 0 Å². The quantitative estimate of drug-likeness (QED) is 0.713. The maximum atomic E-state index is 9.43. The van der Waals surface area contributed by atoms with Crippen LogP contribution in [0.1, 0.15) is 33.1 Å². The Bertz CT molecular complexity index is 199. The molecule has 4 nitrogen and oxygen atoms in total. The first-order chi connectivity index (χ1) is 8.17. The van der Waals surface area contributed by atoms with E-state index in [-0.39, 0.29) is 6.10 Å². The largest absolute Gasteiger partial charge is 0.392 e. The van der Waals surface area contributed by atoms with Gasteiger partial charge in [-0.05, 0) is 45.8 Å². The summed E-state index contributed by atoms with van der Waals surface area (Å²) in [6, 6.07) is 0.645. The zero-order valence-corrected chi connectivity index (χ0v) is 11.4. The molecule has 4 heteroatoms. The highest BCUT2D eigenvalue weighted by molar-refractivity contribution is 4.76. The van der Waals surface area contributed by atoms with Crippen molar-refractivity contribution < 1.29 is 5.11 Å². The van der Waals surface area contributed by atoms with Crippen LogP contribution in [0.15, 0.2) is 0 Å². The average molecular weight is 243 g/mol. The van der Waals surface area contributed by atoms with Gasteiger partial charge in [0.1, 0.15) is 0 Å². The van der Waals surface area contributed by atoms with Crippen molar-refractivity contribution in [1.82, 2.24) is 9.80 Å². The summed E-state index contributed by atoms with van der Waals surface area (Å²) in [6.07, 6.45) is 3.28. The fourth-order valence-electron chi connectivity index (χ4n) is 2.75. The number of aliphatic hydroxyl groups excluding tert-OH is 1. The minimum Gasteiger partial charge on any atom is -0.392 e. The van der Waals surface area contributed by atoms with Gasteiger partial charge in [-0.3, -0.25) is 9.80 Å². The summed E-state index contributed by atoms with van der Waals surface area (Å²) in [4.78, 5) is 4.95. The topological polar surface area (TPSA) is 52.7 Å². The Balaban J connectivity index is 2.40. The van der Waals surface area contributed by atoms with Gasteiger partial charge in [-0.2, -0.15) is 0 Å². The van der Waals surface area contributed by atoms with Crippen LogP contribution in [0, 0.1) is 0 Å². The summed E-state index contributed by atoms with van der Waals surface area (Å²) >= 11 is 0. The molecule has 0 amide bonds. The van der Waals surface area contributed by atoms with E-state index in [1.165, 1.54) is 19.4 Å². The molecular formula is C13H29N3O. The van der Waals surface area contributed by atoms with Crippen LogP contribution < -0.4 is 5.73 Å². The van der Waals surface area contributed by atoms with Gasteiger partial charge in [-0.15, -0.1) is 0 Å². The minimum absolute atomic E-state index is 0.215. The molecule has 0 bridgehead atoms. The monoisotopic (exact) mass is 243 g/mol. The summed E-state index contributed by atoms with van der Waals surface area (Å²) in [6.45, 7) is 10.2. The summed E-state index contributed by atoms with van der Waals surface area (Å²) < 4.78 is 0. The molecule has 0 aromatic rings. The Morgan fingerprint density at radius 2 is 2.00 bits per heavy atom. The lowest BCUT2D eigenvalue weighted by Gasteiger charge is -2.29. The first-order valence-corrected chi connectivity index (χ1v) is 7.01. The number of nitrogens with two attached hydrogens (primary N) is 1. The first kappa shape index (κ1) is 14.9. The van der Waals surface area contributed by atoms with E-state index in [1.807, 2.05) is 6.92 Å². The molecular weight excluding hydrogens is 214 g/mol. The van der Waals surface area contributed by atoms with Crippen LogP contribution in [0.5, 0.6) is 0 Å². The van der Waals surface area contributed by atoms with Crippen LogP contribution in [-0.4, -0.2) is 66.3 Å². The molecule has 1 heterocycles. The van der Waals surface area contributed by atoms with Gasteiger partial charge in [-0.1, -0.05) is 6.92 Å². The zero-order valence-electron chi connectivity index (χ0n) is 11.4. The maximum Gasteiger partial charge on any atom is 0.0639 e. The van der Waals surface area contributed by atoms with Gasteiger partial charge < -0.3 is 10.8 Å². The second-order valence-electron chi connectivity index (χ2n) is 5.18. The van der Waals surface area contributed by atoms with Crippen molar-refractivity contribution in [2.45, 2.75) is 45.3 Å². The van der Waals surface area contributed by atoms with Crippen molar-refractivity contribution in [3.8, 4) is 0 Å². The molecule has 1 fully saturated rings. The van der Waals surface area contributed by atoms with Crippen molar-refractivity contribution in [2.75, 3.05) is 39.3 Å². The molecule has 0 saturated carbocycles. The summed E-state index contributed by atoms with van der Waals surface area (Å²) in [5.41, 5.74) is 5.67. The van der Waals surface area contributed by atoms with Gasteiger partial charge in [0, 0.05) is 25.7 Å². The third-order valence-electron chi connectivity index (χ3n) is 3.63. The Kier molecular flexibility index (Phi) is 7.04. The molecule has 1 aliphatic rings. The molecule has 0 radical (unpaired) electrons. The fourth-order valence-corrected chi connectivity index (χ4v) is 2.75. The Hall–Kier alpha value is -0.160. The molecule has 1 saturated heterocycles. The van der Waals surface area contributed by atoms with Crippen molar-refractivity contribution in [3.05, 3.63) is 0 Å². The number of hydrogen-bond acceptors (Lipinski definition) is 4. The summed E-state index contributed by atoms with van der Waals surface area (Å²) in [5, 5.41) is 9.43. The number of nitrogens with zero attached hydrogens (tertiary/aromatic N) is 2. The maximum absolute atomic E-state index is 9.43. The fraction of sp³-hybridized carbons (Fsp3) is 1.00. The Morgan fingerprint density at radius 1 is 1.24 bits per heavy atom. The highest BCUT2D eigenvalue weighted by Crippen LogP contribution is 2.12. The highest BCUT2D eigenvalue weighted by Gasteiger charge is 2.20. The molecule has 17 heavy (non-hydrogen) atoms. The average Bonchev–Trinajstić information content (AvgIpc) is 2.51. The molecule has 0 spiro atoms. The number of rotatable bonds is 6. The number of β-amino-alcohol motifs (C(OH)–C–C–N with tert-alkyl or cyclic N) is 1. The molecule has 2 unspecified atom stereocenters. The van der Waals surface area contributed by atoms with Crippen LogP contribution in [0.3, 0.4) is 0 Å². The normalized spacial score (nSPS) is 23.3. The molecule has 0 aromatic heterocycles. The van der Waals surface area contributed by atoms with E-state index >= 15 is 0 Å². The zero-order chi connectivity index (χ0) is 12.7. The van der Waals surface area contributed by atoms with E-state index in [9.17, 15) is 5.11 Å². The number of hydrogen-bond donors (Lipinski definition) is 2. The van der Waals surface area contributed by atoms with Crippen LogP contribution in [0.25, 0.3) is 0 Å². The smallest absolute Gasteiger partial charge is 0.0639 e. The van der Waals surface area contributed by atoms with E-state index in [0.29, 0.717) is 6.04 Å². The van der Waals surface area contributed by atoms with E-state index in [2.05, 4.69) is 16.7 Å². The molecule has 1 aliphatic heterocycles. The van der Waals surface area contributed by atoms with Crippen LogP contribution in [0.4, 0.5) is 0 Å². The van der Waals surface area contributed by atoms with Gasteiger partial charge in [-0.25, -0.2) is 0 Å². The van der Waals surface area contributed by atoms with Crippen molar-refractivity contribution in [3.63, 3.8) is 0 Å². The van der Waals surface area contributed by atoms with Gasteiger partial charge in [0.15, 0.2) is 0 Å². The van der Waals surface area contributed by atoms with Gasteiger partial charge in [0.2, 0.25) is 0 Å². The third kappa shape index (κ3) is 5.34. The lowest BCUT2D eigenvalue weighted by Crippen LogP contribution is -2.40. The standard InChI is InChI=1S/C13H29N3O/c1-3-13(5-6-14)16-8-4-7-15(9-10-16)11-12(2)17/h12-13,17H,3-11,14H2,1-2H3. The molecule has 3 N–H and O–H groups in total. The van der Waals surface area contributed by atoms with Gasteiger partial charge in [0.25, 0.3) is 0 Å². The molecule has 2 atom stereocenters. The molecule has 0 aliphatic carbocycles. The predicted molar refractivity (Wildman–Crippen MR) is 72.1 cm³/mol. The highest BCUT2D eigenvalue weighted by atomic mass is 16.3. The second kappa shape index (κ2) is 8.03. The lowest BCUT2D eigenvalue weighted by molar-refractivity contribution is 0.125. The summed E-state index contributed by atoms with van der Waals surface area (Å²) in [5.74, 6) is 0. The van der Waals surface area contributed by atoms with Crippen molar-refractivity contribution in [1.29, 1.82) is 0 Å². The van der Waals surface area contributed by atoms with Crippen LogP contribution >= 0.6 is 0 Å². The van der Waals surface area contributed by atoms with Gasteiger partial charge >= 0.3 is 0 Å². The van der Waals surface area contributed by atoms with E-state index in [4.69, 9.17) is 5.73 Å². The third-order valence-corrected chi connectivity index (χ3v) is 3.63. The van der Waals surface area contributed by atoms with E-state index in [1.54, 1.807) is 0 Å². The molecule has 1 rings (SSSR count). The summed E-state index contributed by atoms with van der Waals surface area (Å²) in [7, 11) is 0. The van der Waals surface area contributed by atoms with Crippen LogP contribution in [-0.2, 0) is 0 Å². The van der Waals surface area contributed by atoms with Crippen LogP contribution in [0.2, 0.25) is 0 Å². The Morgan fingerprint density at radius 3 is 2.59 bits per heavy atom. The molecule has 102 valence electrons. The molecule has 0 aromatic carbocycles. The van der Waals surface area contributed by atoms with Crippen molar-refractivity contribution >= 4 is 0 Å². The second-order valence-corrected chi connectivity index (χ2v) is 5.18. The number of aliphatic hydroxyl groups is 1. The lowest BCUT2D eigenvalue weighted by atomic mass is 10.1. The Labute approximate surface area is 106 Å². The SMILES string of the molecule is CCC(CCN)N1CCCN(CC(C)O)CC1. The predicted octanol–water partition coefficient (Wildman–Crippen LogP) is 0.502. The minimum atomic E-state index is -0.215. The van der Waals surface area contributed by atoms with Crippen molar-refractivity contribution in [2.24, 2.45) is 5.73 Å². The first-order valence-electron chi connectivity index (χ1n) is 7.01. The van der Waals surface area contributed by atoms with E-state index in [0.717, 1.165) is 39.1 Å².